The van der Waals surface area contributed by atoms with Gasteiger partial charge in [0.05, 0.1) is 5.56 Å². The van der Waals surface area contributed by atoms with Crippen LogP contribution in [0, 0.1) is 5.82 Å². The van der Waals surface area contributed by atoms with Crippen molar-refractivity contribution in [3.8, 4) is 0 Å². The van der Waals surface area contributed by atoms with Gasteiger partial charge >= 0.3 is 5.97 Å². The van der Waals surface area contributed by atoms with Crippen molar-refractivity contribution >= 4 is 5.97 Å². The molecule has 2 rings (SSSR count). The van der Waals surface area contributed by atoms with Gasteiger partial charge in [-0.1, -0.05) is 0 Å². The van der Waals surface area contributed by atoms with E-state index in [-0.39, 0.29) is 29.9 Å². The van der Waals surface area contributed by atoms with Gasteiger partial charge in [0.1, 0.15) is 11.5 Å². The molecule has 1 aromatic heterocycles. The van der Waals surface area contributed by atoms with E-state index in [1.165, 1.54) is 24.0 Å². The number of hydrogen-bond donors (Lipinski definition) is 2. The SMILES string of the molecule is Cn1cc(CNCc2cc(C(=O)O)ccc2F)c(C(F)F)n1. The first-order chi connectivity index (χ1) is 10.4. The highest BCUT2D eigenvalue weighted by Gasteiger charge is 2.17. The molecule has 0 aliphatic heterocycles. The zero-order valence-electron chi connectivity index (χ0n) is 11.7. The van der Waals surface area contributed by atoms with Crippen LogP contribution in [0.2, 0.25) is 0 Å². The lowest BCUT2D eigenvalue weighted by atomic mass is 10.1. The fourth-order valence-corrected chi connectivity index (χ4v) is 2.05. The summed E-state index contributed by atoms with van der Waals surface area (Å²) in [5, 5.41) is 15.3. The molecule has 8 heteroatoms. The van der Waals surface area contributed by atoms with Gasteiger partial charge in [0, 0.05) is 37.5 Å². The predicted octanol–water partition coefficient (Wildman–Crippen LogP) is 2.48. The number of carboxylic acids is 1. The summed E-state index contributed by atoms with van der Waals surface area (Å²) in [4.78, 5) is 10.8. The summed E-state index contributed by atoms with van der Waals surface area (Å²) in [6.45, 7) is 0.0920. The van der Waals surface area contributed by atoms with E-state index in [0.717, 1.165) is 12.1 Å². The van der Waals surface area contributed by atoms with E-state index in [1.54, 1.807) is 0 Å². The van der Waals surface area contributed by atoms with Crippen LogP contribution in [-0.4, -0.2) is 20.9 Å². The minimum atomic E-state index is -2.69. The molecule has 5 nitrogen and oxygen atoms in total. The molecule has 0 aliphatic carbocycles. The minimum Gasteiger partial charge on any atom is -0.478 e. The summed E-state index contributed by atoms with van der Waals surface area (Å²) in [5.74, 6) is -1.72. The highest BCUT2D eigenvalue weighted by molar-refractivity contribution is 5.87. The number of nitrogens with zero attached hydrogens (tertiary/aromatic N) is 2. The van der Waals surface area contributed by atoms with E-state index >= 15 is 0 Å². The van der Waals surface area contributed by atoms with Crippen molar-refractivity contribution in [1.82, 2.24) is 15.1 Å². The van der Waals surface area contributed by atoms with Crippen molar-refractivity contribution in [3.05, 3.63) is 52.6 Å². The largest absolute Gasteiger partial charge is 0.478 e. The van der Waals surface area contributed by atoms with Crippen LogP contribution in [0.1, 0.15) is 33.6 Å². The van der Waals surface area contributed by atoms with E-state index in [1.807, 2.05) is 0 Å². The Balaban J connectivity index is 2.05. The minimum absolute atomic E-state index is 0.0184. The Bertz CT molecular complexity index is 686. The predicted molar refractivity (Wildman–Crippen MR) is 72.1 cm³/mol. The second kappa shape index (κ2) is 6.61. The van der Waals surface area contributed by atoms with Gasteiger partial charge in [0.2, 0.25) is 0 Å². The van der Waals surface area contributed by atoms with E-state index in [0.29, 0.717) is 5.56 Å². The Kier molecular flexibility index (Phi) is 4.81. The molecule has 0 amide bonds. The van der Waals surface area contributed by atoms with Crippen molar-refractivity contribution < 1.29 is 23.1 Å². The maximum atomic E-state index is 13.6. The molecule has 118 valence electrons. The average Bonchev–Trinajstić information content (AvgIpc) is 2.82. The van der Waals surface area contributed by atoms with Crippen LogP contribution in [0.4, 0.5) is 13.2 Å². The maximum Gasteiger partial charge on any atom is 0.335 e. The van der Waals surface area contributed by atoms with Crippen LogP contribution >= 0.6 is 0 Å². The number of rotatable bonds is 6. The highest BCUT2D eigenvalue weighted by atomic mass is 19.3. The quantitative estimate of drug-likeness (QED) is 0.860. The second-order valence-electron chi connectivity index (χ2n) is 4.73. The molecule has 0 saturated heterocycles. The fourth-order valence-electron chi connectivity index (χ4n) is 2.05. The Morgan fingerprint density at radius 3 is 2.68 bits per heavy atom. The van der Waals surface area contributed by atoms with Crippen molar-refractivity contribution in [2.75, 3.05) is 0 Å². The second-order valence-corrected chi connectivity index (χ2v) is 4.73. The molecular formula is C14H14F3N3O2. The van der Waals surface area contributed by atoms with Crippen LogP contribution in [0.5, 0.6) is 0 Å². The highest BCUT2D eigenvalue weighted by Crippen LogP contribution is 2.21. The molecule has 2 aromatic rings. The molecule has 0 atom stereocenters. The summed E-state index contributed by atoms with van der Waals surface area (Å²) < 4.78 is 40.4. The van der Waals surface area contributed by atoms with Crippen LogP contribution in [0.3, 0.4) is 0 Å². The summed E-state index contributed by atoms with van der Waals surface area (Å²) in [6, 6.07) is 3.44. The van der Waals surface area contributed by atoms with E-state index < -0.39 is 18.2 Å². The summed E-state index contributed by atoms with van der Waals surface area (Å²) >= 11 is 0. The molecule has 0 saturated carbocycles. The average molecular weight is 313 g/mol. The number of nitrogens with one attached hydrogen (secondary N) is 1. The molecule has 0 unspecified atom stereocenters. The summed E-state index contributed by atoms with van der Waals surface area (Å²) in [7, 11) is 1.53. The molecule has 1 aromatic carbocycles. The number of alkyl halides is 2. The Morgan fingerprint density at radius 2 is 2.05 bits per heavy atom. The number of carbonyl (C=O) groups is 1. The lowest BCUT2D eigenvalue weighted by Crippen LogP contribution is -2.15. The molecule has 0 fully saturated rings. The van der Waals surface area contributed by atoms with Gasteiger partial charge in [-0.05, 0) is 18.2 Å². The zero-order chi connectivity index (χ0) is 16.3. The van der Waals surface area contributed by atoms with Crippen molar-refractivity contribution in [2.45, 2.75) is 19.5 Å². The first-order valence-corrected chi connectivity index (χ1v) is 6.41. The number of aromatic nitrogens is 2. The fraction of sp³-hybridized carbons (Fsp3) is 0.286. The Hall–Kier alpha value is -2.35. The number of halogens is 3. The molecule has 22 heavy (non-hydrogen) atoms. The number of carboxylic acid groups (broad SMARTS) is 1. The smallest absolute Gasteiger partial charge is 0.335 e. The van der Waals surface area contributed by atoms with Gasteiger partial charge in [0.25, 0.3) is 6.43 Å². The van der Waals surface area contributed by atoms with Crippen LogP contribution < -0.4 is 5.32 Å². The molecule has 0 spiro atoms. The molecular weight excluding hydrogens is 299 g/mol. The van der Waals surface area contributed by atoms with Crippen molar-refractivity contribution in [1.29, 1.82) is 0 Å². The maximum absolute atomic E-state index is 13.6. The van der Waals surface area contributed by atoms with Crippen molar-refractivity contribution in [3.63, 3.8) is 0 Å². The molecule has 0 aliphatic rings. The van der Waals surface area contributed by atoms with Gasteiger partial charge in [-0.15, -0.1) is 0 Å². The van der Waals surface area contributed by atoms with Gasteiger partial charge in [-0.2, -0.15) is 5.10 Å². The lowest BCUT2D eigenvalue weighted by Gasteiger charge is -2.07. The third kappa shape index (κ3) is 3.64. The monoisotopic (exact) mass is 313 g/mol. The van der Waals surface area contributed by atoms with Gasteiger partial charge in [-0.3, -0.25) is 4.68 Å². The molecule has 2 N–H and O–H groups in total. The van der Waals surface area contributed by atoms with Crippen LogP contribution in [-0.2, 0) is 20.1 Å². The zero-order valence-corrected chi connectivity index (χ0v) is 11.7. The number of aromatic carboxylic acids is 1. The number of aryl methyl sites for hydroxylation is 1. The summed E-state index contributed by atoms with van der Waals surface area (Å²) in [5.41, 5.74) is 0.109. The third-order valence-corrected chi connectivity index (χ3v) is 3.07. The standard InChI is InChI=1S/C14H14F3N3O2/c1-20-7-10(12(19-20)13(16)17)6-18-5-9-4-8(14(21)22)2-3-11(9)15/h2-4,7,13,18H,5-6H2,1H3,(H,21,22). The first kappa shape index (κ1) is 16.0. The van der Waals surface area contributed by atoms with Gasteiger partial charge in [-0.25, -0.2) is 18.0 Å². The number of hydrogen-bond acceptors (Lipinski definition) is 3. The van der Waals surface area contributed by atoms with Crippen LogP contribution in [0.15, 0.2) is 24.4 Å². The van der Waals surface area contributed by atoms with Gasteiger partial charge < -0.3 is 10.4 Å². The van der Waals surface area contributed by atoms with Gasteiger partial charge in [0.15, 0.2) is 0 Å². The van der Waals surface area contributed by atoms with Crippen LogP contribution in [0.25, 0.3) is 0 Å². The molecule has 0 radical (unpaired) electrons. The third-order valence-electron chi connectivity index (χ3n) is 3.07. The first-order valence-electron chi connectivity index (χ1n) is 6.41. The Labute approximate surface area is 124 Å². The molecule has 1 heterocycles. The van der Waals surface area contributed by atoms with Crippen molar-refractivity contribution in [2.24, 2.45) is 7.05 Å². The van der Waals surface area contributed by atoms with E-state index in [2.05, 4.69) is 10.4 Å². The topological polar surface area (TPSA) is 67.2 Å². The number of benzene rings is 1. The molecule has 0 bridgehead atoms. The van der Waals surface area contributed by atoms with E-state index in [4.69, 9.17) is 5.11 Å². The van der Waals surface area contributed by atoms with E-state index in [9.17, 15) is 18.0 Å². The lowest BCUT2D eigenvalue weighted by molar-refractivity contribution is 0.0696. The normalized spacial score (nSPS) is 11.1. The summed E-state index contributed by atoms with van der Waals surface area (Å²) in [6.07, 6.45) is -1.23. The Morgan fingerprint density at radius 1 is 1.36 bits per heavy atom.